The van der Waals surface area contributed by atoms with Gasteiger partial charge in [-0.2, -0.15) is 0 Å². The van der Waals surface area contributed by atoms with Gasteiger partial charge in [-0.05, 0) is 31.5 Å². The number of carbonyl (C=O) groups is 1. The summed E-state index contributed by atoms with van der Waals surface area (Å²) in [4.78, 5) is 11.8. The summed E-state index contributed by atoms with van der Waals surface area (Å²) < 4.78 is 15.9. The molecule has 0 aliphatic heterocycles. The van der Waals surface area contributed by atoms with Crippen molar-refractivity contribution in [3.05, 3.63) is 17.7 Å². The van der Waals surface area contributed by atoms with Crippen LogP contribution in [0.1, 0.15) is 31.9 Å². The fourth-order valence-electron chi connectivity index (χ4n) is 2.03. The first kappa shape index (κ1) is 17.1. The van der Waals surface area contributed by atoms with Crippen LogP contribution in [0.3, 0.4) is 0 Å². The molecule has 6 nitrogen and oxygen atoms in total. The van der Waals surface area contributed by atoms with Crippen molar-refractivity contribution in [3.8, 4) is 17.2 Å². The number of benzene rings is 1. The topological polar surface area (TPSA) is 82.8 Å². The van der Waals surface area contributed by atoms with E-state index in [-0.39, 0.29) is 24.4 Å². The number of ether oxygens (including phenoxy) is 3. The molecule has 0 aromatic heterocycles. The lowest BCUT2D eigenvalue weighted by molar-refractivity contribution is -0.122. The fraction of sp³-hybridized carbons (Fsp3) is 0.533. The molecule has 6 heteroatoms. The Labute approximate surface area is 125 Å². The summed E-state index contributed by atoms with van der Waals surface area (Å²) in [7, 11) is 4.66. The molecule has 0 radical (unpaired) electrons. The maximum absolute atomic E-state index is 11.8. The highest BCUT2D eigenvalue weighted by Crippen LogP contribution is 2.39. The average molecular weight is 296 g/mol. The molecule has 1 amide bonds. The van der Waals surface area contributed by atoms with Gasteiger partial charge in [0.2, 0.25) is 11.7 Å². The molecule has 0 heterocycles. The van der Waals surface area contributed by atoms with Gasteiger partial charge in [0.1, 0.15) is 0 Å². The third-order valence-corrected chi connectivity index (χ3v) is 3.07. The van der Waals surface area contributed by atoms with Crippen molar-refractivity contribution in [2.45, 2.75) is 32.4 Å². The molecule has 1 aromatic carbocycles. The molecule has 2 atom stereocenters. The van der Waals surface area contributed by atoms with Crippen LogP contribution in [-0.4, -0.2) is 33.3 Å². The van der Waals surface area contributed by atoms with Gasteiger partial charge in [0.05, 0.1) is 27.4 Å². The highest BCUT2D eigenvalue weighted by Gasteiger charge is 2.17. The maximum Gasteiger partial charge on any atom is 0.222 e. The minimum atomic E-state index is -0.190. The summed E-state index contributed by atoms with van der Waals surface area (Å²) in [5.74, 6) is 1.55. The van der Waals surface area contributed by atoms with Gasteiger partial charge in [-0.3, -0.25) is 4.79 Å². The second-order valence-corrected chi connectivity index (χ2v) is 4.93. The quantitative estimate of drug-likeness (QED) is 0.799. The maximum atomic E-state index is 11.8. The van der Waals surface area contributed by atoms with E-state index in [2.05, 4.69) is 5.32 Å². The average Bonchev–Trinajstić information content (AvgIpc) is 2.44. The van der Waals surface area contributed by atoms with Gasteiger partial charge in [-0.15, -0.1) is 0 Å². The van der Waals surface area contributed by atoms with Crippen molar-refractivity contribution in [2.24, 2.45) is 5.73 Å². The molecule has 21 heavy (non-hydrogen) atoms. The van der Waals surface area contributed by atoms with E-state index >= 15 is 0 Å². The van der Waals surface area contributed by atoms with Crippen LogP contribution < -0.4 is 25.3 Å². The molecule has 0 bridgehead atoms. The summed E-state index contributed by atoms with van der Waals surface area (Å²) in [6.07, 6.45) is 0.286. The first-order valence-corrected chi connectivity index (χ1v) is 6.77. The standard InChI is InChI=1S/C15H24N2O4/c1-9(16)6-14(18)17-10(2)11-7-12(19-3)15(21-5)13(8-11)20-4/h7-10H,6,16H2,1-5H3,(H,17,18). The Kier molecular flexibility index (Phi) is 6.30. The van der Waals surface area contributed by atoms with Crippen LogP contribution in [0.5, 0.6) is 17.2 Å². The highest BCUT2D eigenvalue weighted by atomic mass is 16.5. The molecule has 0 aliphatic carbocycles. The second kappa shape index (κ2) is 7.73. The third-order valence-electron chi connectivity index (χ3n) is 3.07. The third kappa shape index (κ3) is 4.53. The zero-order valence-electron chi connectivity index (χ0n) is 13.2. The van der Waals surface area contributed by atoms with Gasteiger partial charge in [-0.1, -0.05) is 0 Å². The normalized spacial score (nSPS) is 13.2. The molecule has 0 fully saturated rings. The number of hydrogen-bond acceptors (Lipinski definition) is 5. The Morgan fingerprint density at radius 3 is 2.05 bits per heavy atom. The number of rotatable bonds is 7. The van der Waals surface area contributed by atoms with Gasteiger partial charge in [0.15, 0.2) is 11.5 Å². The minimum absolute atomic E-state index is 0.0914. The van der Waals surface area contributed by atoms with E-state index in [1.165, 1.54) is 0 Å². The molecular weight excluding hydrogens is 272 g/mol. The molecule has 118 valence electrons. The second-order valence-electron chi connectivity index (χ2n) is 4.93. The van der Waals surface area contributed by atoms with E-state index in [9.17, 15) is 4.79 Å². The number of amides is 1. The Morgan fingerprint density at radius 2 is 1.67 bits per heavy atom. The van der Waals surface area contributed by atoms with Crippen LogP contribution in [0.15, 0.2) is 12.1 Å². The Morgan fingerprint density at radius 1 is 1.14 bits per heavy atom. The van der Waals surface area contributed by atoms with Gasteiger partial charge in [0.25, 0.3) is 0 Å². The van der Waals surface area contributed by atoms with E-state index in [0.29, 0.717) is 17.2 Å². The predicted molar refractivity (Wildman–Crippen MR) is 80.9 cm³/mol. The Bertz CT molecular complexity index is 464. The minimum Gasteiger partial charge on any atom is -0.493 e. The van der Waals surface area contributed by atoms with E-state index < -0.39 is 0 Å². The van der Waals surface area contributed by atoms with Crippen LogP contribution in [0.2, 0.25) is 0 Å². The van der Waals surface area contributed by atoms with Crippen LogP contribution >= 0.6 is 0 Å². The molecule has 2 unspecified atom stereocenters. The van der Waals surface area contributed by atoms with Crippen LogP contribution in [-0.2, 0) is 4.79 Å². The lowest BCUT2D eigenvalue weighted by Gasteiger charge is -2.19. The zero-order valence-corrected chi connectivity index (χ0v) is 13.2. The van der Waals surface area contributed by atoms with Gasteiger partial charge in [0, 0.05) is 12.5 Å². The zero-order chi connectivity index (χ0) is 16.0. The largest absolute Gasteiger partial charge is 0.493 e. The van der Waals surface area contributed by atoms with Crippen LogP contribution in [0.4, 0.5) is 0 Å². The van der Waals surface area contributed by atoms with Crippen molar-refractivity contribution in [1.82, 2.24) is 5.32 Å². The summed E-state index contributed by atoms with van der Waals surface area (Å²) in [6, 6.07) is 3.28. The number of methoxy groups -OCH3 is 3. The van der Waals surface area contributed by atoms with E-state index in [0.717, 1.165) is 5.56 Å². The molecular formula is C15H24N2O4. The number of nitrogens with one attached hydrogen (secondary N) is 1. The first-order valence-electron chi connectivity index (χ1n) is 6.77. The number of nitrogens with two attached hydrogens (primary N) is 1. The van der Waals surface area contributed by atoms with Gasteiger partial charge >= 0.3 is 0 Å². The van der Waals surface area contributed by atoms with Crippen LogP contribution in [0.25, 0.3) is 0 Å². The summed E-state index contributed by atoms with van der Waals surface area (Å²) in [6.45, 7) is 3.68. The molecule has 0 aliphatic rings. The van der Waals surface area contributed by atoms with Crippen LogP contribution in [0, 0.1) is 0 Å². The summed E-state index contributed by atoms with van der Waals surface area (Å²) in [5, 5.41) is 2.90. The summed E-state index contributed by atoms with van der Waals surface area (Å²) >= 11 is 0. The number of hydrogen-bond donors (Lipinski definition) is 2. The van der Waals surface area contributed by atoms with Crippen molar-refractivity contribution in [3.63, 3.8) is 0 Å². The van der Waals surface area contributed by atoms with E-state index in [1.54, 1.807) is 28.3 Å². The van der Waals surface area contributed by atoms with Crippen molar-refractivity contribution >= 4 is 5.91 Å². The van der Waals surface area contributed by atoms with Crippen molar-refractivity contribution < 1.29 is 19.0 Å². The first-order chi connectivity index (χ1) is 9.92. The summed E-state index contributed by atoms with van der Waals surface area (Å²) in [5.41, 5.74) is 6.48. The fourth-order valence-corrected chi connectivity index (χ4v) is 2.03. The molecule has 0 spiro atoms. The smallest absolute Gasteiger partial charge is 0.222 e. The Balaban J connectivity index is 2.99. The molecule has 0 saturated carbocycles. The van der Waals surface area contributed by atoms with Gasteiger partial charge < -0.3 is 25.3 Å². The monoisotopic (exact) mass is 296 g/mol. The SMILES string of the molecule is COc1cc(C(C)NC(=O)CC(C)N)cc(OC)c1OC. The Hall–Kier alpha value is -1.95. The van der Waals surface area contributed by atoms with Crippen molar-refractivity contribution in [2.75, 3.05) is 21.3 Å². The molecule has 0 saturated heterocycles. The van der Waals surface area contributed by atoms with E-state index in [4.69, 9.17) is 19.9 Å². The van der Waals surface area contributed by atoms with E-state index in [1.807, 2.05) is 19.1 Å². The van der Waals surface area contributed by atoms with Gasteiger partial charge in [-0.25, -0.2) is 0 Å². The number of carbonyl (C=O) groups excluding carboxylic acids is 1. The molecule has 1 aromatic rings. The molecule has 1 rings (SSSR count). The lowest BCUT2D eigenvalue weighted by Crippen LogP contribution is -2.31. The van der Waals surface area contributed by atoms with Crippen molar-refractivity contribution in [1.29, 1.82) is 0 Å². The lowest BCUT2D eigenvalue weighted by atomic mass is 10.1. The predicted octanol–water partition coefficient (Wildman–Crippen LogP) is 1.63. The molecule has 3 N–H and O–H groups in total. The highest BCUT2D eigenvalue weighted by molar-refractivity contribution is 5.77.